The largest absolute Gasteiger partial charge is 0.493 e. The molecule has 0 saturated carbocycles. The molecule has 0 spiro atoms. The van der Waals surface area contributed by atoms with Crippen molar-refractivity contribution in [3.8, 4) is 17.2 Å². The molecule has 1 aromatic heterocycles. The van der Waals surface area contributed by atoms with Gasteiger partial charge in [-0.25, -0.2) is 4.98 Å². The molecule has 0 N–H and O–H groups in total. The molecule has 27 heavy (non-hydrogen) atoms. The number of methoxy groups -OCH3 is 3. The monoisotopic (exact) mass is 364 g/mol. The first-order chi connectivity index (χ1) is 13.2. The van der Waals surface area contributed by atoms with Crippen LogP contribution < -0.4 is 19.1 Å². The van der Waals surface area contributed by atoms with Crippen LogP contribution in [-0.4, -0.2) is 26.3 Å². The third-order valence-electron chi connectivity index (χ3n) is 4.29. The molecule has 140 valence electrons. The average molecular weight is 364 g/mol. The van der Waals surface area contributed by atoms with Gasteiger partial charge in [-0.2, -0.15) is 0 Å². The predicted octanol–water partition coefficient (Wildman–Crippen LogP) is 4.31. The van der Waals surface area contributed by atoms with Gasteiger partial charge in [-0.05, 0) is 35.4 Å². The Labute approximate surface area is 160 Å². The first-order valence-electron chi connectivity index (χ1n) is 8.74. The quantitative estimate of drug-likeness (QED) is 0.596. The van der Waals surface area contributed by atoms with Gasteiger partial charge in [-0.3, -0.25) is 0 Å². The number of aromatic nitrogens is 1. The molecule has 2 aromatic carbocycles. The standard InChI is InChI=1S/C22H24N2O3/c1-25-19-13-18(14-20(26-2)22(19)27-3)16-24(21-11-7-8-12-23-21)15-17-9-5-4-6-10-17/h4-14H,15-16H2,1-3H3. The smallest absolute Gasteiger partial charge is 0.203 e. The van der Waals surface area contributed by atoms with Crippen LogP contribution in [0.1, 0.15) is 11.1 Å². The van der Waals surface area contributed by atoms with Gasteiger partial charge in [0, 0.05) is 19.3 Å². The van der Waals surface area contributed by atoms with Crippen LogP contribution in [0.3, 0.4) is 0 Å². The van der Waals surface area contributed by atoms with Crippen LogP contribution in [0.5, 0.6) is 17.2 Å². The Morgan fingerprint density at radius 1 is 0.741 bits per heavy atom. The fraction of sp³-hybridized carbons (Fsp3) is 0.227. The van der Waals surface area contributed by atoms with E-state index in [1.807, 2.05) is 54.7 Å². The van der Waals surface area contributed by atoms with Crippen molar-refractivity contribution in [2.45, 2.75) is 13.1 Å². The second kappa shape index (κ2) is 8.94. The predicted molar refractivity (Wildman–Crippen MR) is 107 cm³/mol. The molecule has 0 fully saturated rings. The first kappa shape index (κ1) is 18.6. The van der Waals surface area contributed by atoms with Gasteiger partial charge in [0.05, 0.1) is 21.3 Å². The van der Waals surface area contributed by atoms with E-state index in [2.05, 4.69) is 22.0 Å². The maximum atomic E-state index is 5.49. The Morgan fingerprint density at radius 2 is 1.37 bits per heavy atom. The Balaban J connectivity index is 1.94. The van der Waals surface area contributed by atoms with Gasteiger partial charge in [-0.15, -0.1) is 0 Å². The number of ether oxygens (including phenoxy) is 3. The van der Waals surface area contributed by atoms with Crippen LogP contribution in [0.2, 0.25) is 0 Å². The van der Waals surface area contributed by atoms with Crippen LogP contribution in [0, 0.1) is 0 Å². The summed E-state index contributed by atoms with van der Waals surface area (Å²) in [7, 11) is 4.86. The maximum absolute atomic E-state index is 5.49. The lowest BCUT2D eigenvalue weighted by Gasteiger charge is -2.25. The molecule has 0 bridgehead atoms. The molecule has 3 aromatic rings. The van der Waals surface area contributed by atoms with E-state index < -0.39 is 0 Å². The summed E-state index contributed by atoms with van der Waals surface area (Å²) in [5.74, 6) is 2.80. The number of nitrogens with zero attached hydrogens (tertiary/aromatic N) is 2. The summed E-state index contributed by atoms with van der Waals surface area (Å²) in [6, 6.07) is 20.2. The lowest BCUT2D eigenvalue weighted by Crippen LogP contribution is -2.23. The second-order valence-corrected chi connectivity index (χ2v) is 6.06. The number of hydrogen-bond donors (Lipinski definition) is 0. The molecule has 5 heteroatoms. The second-order valence-electron chi connectivity index (χ2n) is 6.06. The van der Waals surface area contributed by atoms with E-state index in [9.17, 15) is 0 Å². The number of benzene rings is 2. The third kappa shape index (κ3) is 4.50. The van der Waals surface area contributed by atoms with E-state index in [-0.39, 0.29) is 0 Å². The molecule has 0 radical (unpaired) electrons. The van der Waals surface area contributed by atoms with Gasteiger partial charge >= 0.3 is 0 Å². The Morgan fingerprint density at radius 3 is 1.93 bits per heavy atom. The Kier molecular flexibility index (Phi) is 6.15. The Bertz CT molecular complexity index is 829. The zero-order chi connectivity index (χ0) is 19.1. The third-order valence-corrected chi connectivity index (χ3v) is 4.29. The maximum Gasteiger partial charge on any atom is 0.203 e. The molecule has 0 saturated heterocycles. The highest BCUT2D eigenvalue weighted by molar-refractivity contribution is 5.54. The summed E-state index contributed by atoms with van der Waals surface area (Å²) in [6.45, 7) is 1.40. The normalized spacial score (nSPS) is 10.3. The van der Waals surface area contributed by atoms with Gasteiger partial charge < -0.3 is 19.1 Å². The van der Waals surface area contributed by atoms with E-state index in [1.165, 1.54) is 5.56 Å². The van der Waals surface area contributed by atoms with E-state index in [0.29, 0.717) is 23.8 Å². The van der Waals surface area contributed by atoms with Crippen LogP contribution in [0.4, 0.5) is 5.82 Å². The highest BCUT2D eigenvalue weighted by atomic mass is 16.5. The molecule has 0 aliphatic rings. The van der Waals surface area contributed by atoms with Crippen molar-refractivity contribution in [2.24, 2.45) is 0 Å². The molecule has 0 atom stereocenters. The number of anilines is 1. The van der Waals surface area contributed by atoms with Gasteiger partial charge in [0.1, 0.15) is 5.82 Å². The fourth-order valence-electron chi connectivity index (χ4n) is 3.01. The summed E-state index contributed by atoms with van der Waals surface area (Å²) >= 11 is 0. The van der Waals surface area contributed by atoms with Crippen LogP contribution in [-0.2, 0) is 13.1 Å². The minimum atomic E-state index is 0.594. The Hall–Kier alpha value is -3.21. The van der Waals surface area contributed by atoms with E-state index in [0.717, 1.165) is 17.9 Å². The SMILES string of the molecule is COc1cc(CN(Cc2ccccc2)c2ccccn2)cc(OC)c1OC. The van der Waals surface area contributed by atoms with Crippen molar-refractivity contribution >= 4 is 5.82 Å². The van der Waals surface area contributed by atoms with Gasteiger partial charge in [0.15, 0.2) is 11.5 Å². The van der Waals surface area contributed by atoms with Crippen molar-refractivity contribution in [3.05, 3.63) is 78.0 Å². The lowest BCUT2D eigenvalue weighted by molar-refractivity contribution is 0.323. The number of hydrogen-bond acceptors (Lipinski definition) is 5. The molecule has 3 rings (SSSR count). The molecule has 0 amide bonds. The van der Waals surface area contributed by atoms with Crippen molar-refractivity contribution in [1.29, 1.82) is 0 Å². The lowest BCUT2D eigenvalue weighted by atomic mass is 10.1. The minimum Gasteiger partial charge on any atom is -0.493 e. The van der Waals surface area contributed by atoms with Crippen LogP contribution in [0.15, 0.2) is 66.9 Å². The molecule has 5 nitrogen and oxygen atoms in total. The fourth-order valence-corrected chi connectivity index (χ4v) is 3.01. The highest BCUT2D eigenvalue weighted by Gasteiger charge is 2.16. The molecule has 0 unspecified atom stereocenters. The topological polar surface area (TPSA) is 43.8 Å². The zero-order valence-corrected chi connectivity index (χ0v) is 15.9. The number of rotatable bonds is 8. The zero-order valence-electron chi connectivity index (χ0n) is 15.9. The average Bonchev–Trinajstić information content (AvgIpc) is 2.73. The highest BCUT2D eigenvalue weighted by Crippen LogP contribution is 2.38. The molecule has 0 aliphatic carbocycles. The molecule has 0 aliphatic heterocycles. The van der Waals surface area contributed by atoms with Crippen molar-refractivity contribution in [1.82, 2.24) is 4.98 Å². The van der Waals surface area contributed by atoms with Crippen molar-refractivity contribution in [2.75, 3.05) is 26.2 Å². The summed E-state index contributed by atoms with van der Waals surface area (Å²) in [5.41, 5.74) is 2.27. The molecular weight excluding hydrogens is 340 g/mol. The van der Waals surface area contributed by atoms with Gasteiger partial charge in [0.25, 0.3) is 0 Å². The van der Waals surface area contributed by atoms with E-state index >= 15 is 0 Å². The van der Waals surface area contributed by atoms with E-state index in [4.69, 9.17) is 14.2 Å². The summed E-state index contributed by atoms with van der Waals surface area (Å²) in [6.07, 6.45) is 1.81. The summed E-state index contributed by atoms with van der Waals surface area (Å²) in [5, 5.41) is 0. The van der Waals surface area contributed by atoms with Crippen molar-refractivity contribution < 1.29 is 14.2 Å². The summed E-state index contributed by atoms with van der Waals surface area (Å²) in [4.78, 5) is 6.75. The van der Waals surface area contributed by atoms with Gasteiger partial charge in [0.2, 0.25) is 5.75 Å². The van der Waals surface area contributed by atoms with Crippen LogP contribution in [0.25, 0.3) is 0 Å². The molecular formula is C22H24N2O3. The minimum absolute atomic E-state index is 0.594. The van der Waals surface area contributed by atoms with Gasteiger partial charge in [-0.1, -0.05) is 36.4 Å². The number of pyridine rings is 1. The van der Waals surface area contributed by atoms with E-state index in [1.54, 1.807) is 21.3 Å². The van der Waals surface area contributed by atoms with Crippen molar-refractivity contribution in [3.63, 3.8) is 0 Å². The first-order valence-corrected chi connectivity index (χ1v) is 8.74. The summed E-state index contributed by atoms with van der Waals surface area (Å²) < 4.78 is 16.4. The molecule has 1 heterocycles. The van der Waals surface area contributed by atoms with Crippen LogP contribution >= 0.6 is 0 Å².